The smallest absolute Gasteiger partial charge is 0.309 e. The Morgan fingerprint density at radius 1 is 1.23 bits per heavy atom. The molecule has 190 valence electrons. The van der Waals surface area contributed by atoms with Crippen molar-refractivity contribution in [1.29, 1.82) is 0 Å². The maximum Gasteiger partial charge on any atom is 0.309 e. The van der Waals surface area contributed by atoms with Crippen molar-refractivity contribution in [3.05, 3.63) is 57.0 Å². The quantitative estimate of drug-likeness (QED) is 0.442. The maximum atomic E-state index is 13.2. The van der Waals surface area contributed by atoms with Gasteiger partial charge in [0.15, 0.2) is 0 Å². The number of rotatable bonds is 2. The molecule has 1 aliphatic rings. The lowest BCUT2D eigenvalue weighted by Gasteiger charge is -2.32. The topological polar surface area (TPSA) is 110 Å². The molecule has 35 heavy (non-hydrogen) atoms. The van der Waals surface area contributed by atoms with Gasteiger partial charge in [0.05, 0.1) is 28.6 Å². The van der Waals surface area contributed by atoms with E-state index in [1.165, 1.54) is 0 Å². The van der Waals surface area contributed by atoms with E-state index < -0.39 is 35.6 Å². The summed E-state index contributed by atoms with van der Waals surface area (Å²) in [6.07, 6.45) is 1.54. The first kappa shape index (κ1) is 27.0. The van der Waals surface area contributed by atoms with Crippen LogP contribution in [0.1, 0.15) is 75.8 Å². The van der Waals surface area contributed by atoms with Crippen LogP contribution in [0.25, 0.3) is 6.08 Å². The van der Waals surface area contributed by atoms with Crippen molar-refractivity contribution in [3.8, 4) is 0 Å². The molecule has 7 nitrogen and oxygen atoms in total. The molecular weight excluding hydrogens is 466 g/mol. The van der Waals surface area contributed by atoms with E-state index in [1.807, 2.05) is 38.3 Å². The zero-order valence-corrected chi connectivity index (χ0v) is 22.0. The molecule has 0 saturated carbocycles. The van der Waals surface area contributed by atoms with Gasteiger partial charge in [-0.3, -0.25) is 9.59 Å². The number of allylic oxidation sites excluding steroid dienone is 1. The van der Waals surface area contributed by atoms with Crippen LogP contribution in [-0.4, -0.2) is 39.2 Å². The Kier molecular flexibility index (Phi) is 8.51. The highest BCUT2D eigenvalue weighted by Crippen LogP contribution is 2.34. The Hall–Kier alpha value is -2.55. The summed E-state index contributed by atoms with van der Waals surface area (Å²) >= 11 is 1.54. The minimum Gasteiger partial charge on any atom is -0.463 e. The third-order valence-corrected chi connectivity index (χ3v) is 7.41. The van der Waals surface area contributed by atoms with Crippen molar-refractivity contribution >= 4 is 29.2 Å². The molecule has 0 aromatic carbocycles. The zero-order chi connectivity index (χ0) is 25.9. The molecule has 0 aliphatic carbocycles. The van der Waals surface area contributed by atoms with Crippen LogP contribution >= 0.6 is 11.3 Å². The highest BCUT2D eigenvalue weighted by Gasteiger charge is 2.42. The highest BCUT2D eigenvalue weighted by molar-refractivity contribution is 7.09. The van der Waals surface area contributed by atoms with E-state index >= 15 is 0 Å². The van der Waals surface area contributed by atoms with E-state index in [2.05, 4.69) is 4.98 Å². The number of cyclic esters (lactones) is 1. The number of thiazole rings is 1. The van der Waals surface area contributed by atoms with Gasteiger partial charge >= 0.3 is 5.97 Å². The SMILES string of the molecule is C/C1=C/C[C@@H](/C(C)=C/c2csc(C)n2)OC(=O)C[C@H](O)C(C)(C)C(=O)[C@@H](C)[C@H](O)c2ccc(o2)C1. The molecule has 0 spiro atoms. The minimum atomic E-state index is -1.28. The van der Waals surface area contributed by atoms with Crippen molar-refractivity contribution in [2.45, 2.75) is 79.1 Å². The predicted molar refractivity (Wildman–Crippen MR) is 135 cm³/mol. The molecular formula is C27H35NO6S. The van der Waals surface area contributed by atoms with Crippen LogP contribution in [0.2, 0.25) is 0 Å². The van der Waals surface area contributed by atoms with Crippen molar-refractivity contribution in [3.63, 3.8) is 0 Å². The van der Waals surface area contributed by atoms with Gasteiger partial charge in [0.1, 0.15) is 29.5 Å². The molecule has 4 atom stereocenters. The Balaban J connectivity index is 1.95. The van der Waals surface area contributed by atoms with E-state index in [-0.39, 0.29) is 12.2 Å². The molecule has 0 fully saturated rings. The number of aryl methyl sites for hydroxylation is 1. The summed E-state index contributed by atoms with van der Waals surface area (Å²) in [7, 11) is 0. The molecule has 0 saturated heterocycles. The van der Waals surface area contributed by atoms with Gasteiger partial charge in [-0.1, -0.05) is 32.4 Å². The largest absolute Gasteiger partial charge is 0.463 e. The third-order valence-electron chi connectivity index (χ3n) is 6.62. The monoisotopic (exact) mass is 501 g/mol. The fraction of sp³-hybridized carbons (Fsp3) is 0.519. The molecule has 1 aliphatic heterocycles. The van der Waals surface area contributed by atoms with Crippen molar-refractivity contribution in [1.82, 2.24) is 4.98 Å². The zero-order valence-electron chi connectivity index (χ0n) is 21.2. The van der Waals surface area contributed by atoms with Crippen LogP contribution in [0, 0.1) is 18.3 Å². The van der Waals surface area contributed by atoms with Gasteiger partial charge in [0.25, 0.3) is 0 Å². The molecule has 2 N–H and O–H groups in total. The normalized spacial score (nSPS) is 28.3. The van der Waals surface area contributed by atoms with E-state index in [4.69, 9.17) is 9.15 Å². The van der Waals surface area contributed by atoms with Crippen LogP contribution in [0.15, 0.2) is 39.2 Å². The molecule has 0 unspecified atom stereocenters. The van der Waals surface area contributed by atoms with Crippen LogP contribution in [0.4, 0.5) is 0 Å². The number of aliphatic hydroxyl groups excluding tert-OH is 2. The Bertz CT molecular complexity index is 1120. The first-order valence-electron chi connectivity index (χ1n) is 11.8. The van der Waals surface area contributed by atoms with E-state index in [1.54, 1.807) is 44.2 Å². The van der Waals surface area contributed by atoms with Gasteiger partial charge < -0.3 is 19.4 Å². The second-order valence-electron chi connectivity index (χ2n) is 9.96. The van der Waals surface area contributed by atoms with Gasteiger partial charge in [-0.25, -0.2) is 4.98 Å². The summed E-state index contributed by atoms with van der Waals surface area (Å²) < 4.78 is 11.6. The molecule has 0 amide bonds. The first-order chi connectivity index (χ1) is 16.4. The summed E-state index contributed by atoms with van der Waals surface area (Å²) in [5, 5.41) is 24.5. The number of ether oxygens (including phenoxy) is 1. The van der Waals surface area contributed by atoms with Gasteiger partial charge in [0, 0.05) is 24.1 Å². The number of furan rings is 1. The standard InChI is InChI=1S/C27H35NO6S/c1-15-7-9-21(16(2)12-19-14-35-18(4)28-19)34-24(30)13-23(29)27(5,6)26(32)17(3)25(31)22-10-8-20(11-15)33-22/h7-8,10,12,14,17,21,23,25,29,31H,9,11,13H2,1-6H3/b15-7-,16-12+/t17-,21-,23-,25-/m0/s1. The van der Waals surface area contributed by atoms with Gasteiger partial charge in [-0.05, 0) is 44.6 Å². The fourth-order valence-electron chi connectivity index (χ4n) is 4.16. The van der Waals surface area contributed by atoms with Crippen LogP contribution in [-0.2, 0) is 20.7 Å². The van der Waals surface area contributed by atoms with Crippen molar-refractivity contribution < 1.29 is 29.0 Å². The number of hydrogen-bond donors (Lipinski definition) is 2. The van der Waals surface area contributed by atoms with Crippen LogP contribution in [0.5, 0.6) is 0 Å². The lowest BCUT2D eigenvalue weighted by Crippen LogP contribution is -2.43. The minimum absolute atomic E-state index is 0.306. The number of nitrogens with zero attached hydrogens (tertiary/aromatic N) is 1. The number of esters is 1. The predicted octanol–water partition coefficient (Wildman–Crippen LogP) is 4.97. The summed E-state index contributed by atoms with van der Waals surface area (Å²) in [5.41, 5.74) is 1.36. The second-order valence-corrected chi connectivity index (χ2v) is 11.0. The molecule has 3 rings (SSSR count). The molecule has 2 bridgehead atoms. The van der Waals surface area contributed by atoms with E-state index in [0.29, 0.717) is 24.4 Å². The van der Waals surface area contributed by atoms with Crippen molar-refractivity contribution in [2.75, 3.05) is 0 Å². The molecule has 8 heteroatoms. The number of fused-ring (bicyclic) bond motifs is 2. The second kappa shape index (κ2) is 11.0. The number of aliphatic hydroxyl groups is 2. The van der Waals surface area contributed by atoms with Crippen LogP contribution in [0.3, 0.4) is 0 Å². The fourth-order valence-corrected chi connectivity index (χ4v) is 4.73. The Morgan fingerprint density at radius 3 is 2.60 bits per heavy atom. The average Bonchev–Trinajstić information content (AvgIpc) is 3.42. The summed E-state index contributed by atoms with van der Waals surface area (Å²) in [4.78, 5) is 30.5. The number of hydrogen-bond acceptors (Lipinski definition) is 8. The molecule has 2 aromatic heterocycles. The molecule has 0 radical (unpaired) electrons. The number of carbonyl (C=O) groups is 2. The lowest BCUT2D eigenvalue weighted by molar-refractivity contribution is -0.154. The number of carbonyl (C=O) groups excluding carboxylic acids is 2. The lowest BCUT2D eigenvalue weighted by atomic mass is 9.74. The first-order valence-corrected chi connectivity index (χ1v) is 12.7. The Labute approximate surface area is 210 Å². The van der Waals surface area contributed by atoms with Crippen LogP contribution < -0.4 is 0 Å². The van der Waals surface area contributed by atoms with Crippen molar-refractivity contribution in [2.24, 2.45) is 11.3 Å². The van der Waals surface area contributed by atoms with E-state index in [0.717, 1.165) is 21.8 Å². The average molecular weight is 502 g/mol. The number of aromatic nitrogens is 1. The Morgan fingerprint density at radius 2 is 1.94 bits per heavy atom. The third kappa shape index (κ3) is 6.57. The number of Topliss-reactive ketones (excluding diaryl/α,β-unsaturated/α-hetero) is 1. The molecule has 2 aromatic rings. The summed E-state index contributed by atoms with van der Waals surface area (Å²) in [6, 6.07) is 3.47. The molecule has 3 heterocycles. The van der Waals surface area contributed by atoms with E-state index in [9.17, 15) is 19.8 Å². The van der Waals surface area contributed by atoms with Gasteiger partial charge in [-0.2, -0.15) is 0 Å². The number of ketones is 1. The summed E-state index contributed by atoms with van der Waals surface area (Å²) in [5.74, 6) is -0.819. The van der Waals surface area contributed by atoms with Gasteiger partial charge in [0.2, 0.25) is 0 Å². The highest BCUT2D eigenvalue weighted by atomic mass is 32.1. The van der Waals surface area contributed by atoms with Gasteiger partial charge in [-0.15, -0.1) is 11.3 Å². The maximum absolute atomic E-state index is 13.2. The summed E-state index contributed by atoms with van der Waals surface area (Å²) in [6.45, 7) is 10.5.